The Morgan fingerprint density at radius 3 is 2.71 bits per heavy atom. The average molecular weight is 258 g/mol. The quantitative estimate of drug-likeness (QED) is 0.775. The fourth-order valence-electron chi connectivity index (χ4n) is 2.13. The van der Waals surface area contributed by atoms with E-state index in [-0.39, 0.29) is 0 Å². The van der Waals surface area contributed by atoms with Crippen LogP contribution in [0.3, 0.4) is 0 Å². The Morgan fingerprint density at radius 2 is 2.12 bits per heavy atom. The van der Waals surface area contributed by atoms with Gasteiger partial charge in [0.05, 0.1) is 16.9 Å². The Kier molecular flexibility index (Phi) is 6.60. The van der Waals surface area contributed by atoms with Crippen molar-refractivity contribution >= 4 is 11.6 Å². The molecule has 0 spiro atoms. The van der Waals surface area contributed by atoms with Gasteiger partial charge in [-0.05, 0) is 32.7 Å². The van der Waals surface area contributed by atoms with Gasteiger partial charge in [-0.15, -0.1) is 0 Å². The normalized spacial score (nSPS) is 12.9. The second kappa shape index (κ2) is 7.72. The first-order valence-corrected chi connectivity index (χ1v) is 6.98. The molecule has 1 aromatic heterocycles. The number of aromatic nitrogens is 2. The highest BCUT2D eigenvalue weighted by atomic mass is 35.5. The number of hydrogen-bond acceptors (Lipinski definition) is 2. The first-order valence-electron chi connectivity index (χ1n) is 6.60. The van der Waals surface area contributed by atoms with Gasteiger partial charge in [-0.2, -0.15) is 5.10 Å². The lowest BCUT2D eigenvalue weighted by molar-refractivity contribution is 0.470. The Morgan fingerprint density at radius 1 is 1.35 bits per heavy atom. The number of hydrogen-bond donors (Lipinski definition) is 1. The monoisotopic (exact) mass is 257 g/mol. The summed E-state index contributed by atoms with van der Waals surface area (Å²) < 4.78 is 2.04. The molecule has 1 atom stereocenters. The predicted octanol–water partition coefficient (Wildman–Crippen LogP) is 3.27. The molecule has 0 amide bonds. The Balaban J connectivity index is 2.57. The molecule has 0 radical (unpaired) electrons. The van der Waals surface area contributed by atoms with Crippen molar-refractivity contribution in [3.63, 3.8) is 0 Å². The molecule has 0 fully saturated rings. The van der Waals surface area contributed by atoms with E-state index in [1.807, 2.05) is 11.7 Å². The zero-order valence-corrected chi connectivity index (χ0v) is 11.9. The lowest BCUT2D eigenvalue weighted by atomic mass is 10.1. The third-order valence-electron chi connectivity index (χ3n) is 3.11. The number of halogens is 1. The smallest absolute Gasteiger partial charge is 0.0817 e. The summed E-state index contributed by atoms with van der Waals surface area (Å²) in [4.78, 5) is 0. The predicted molar refractivity (Wildman–Crippen MR) is 73.6 cm³/mol. The molecule has 17 heavy (non-hydrogen) atoms. The minimum Gasteiger partial charge on any atom is -0.317 e. The zero-order valence-electron chi connectivity index (χ0n) is 11.2. The van der Waals surface area contributed by atoms with Crippen molar-refractivity contribution in [2.24, 2.45) is 0 Å². The molecule has 0 saturated heterocycles. The molecule has 0 bridgehead atoms. The molecule has 0 aliphatic carbocycles. The maximum atomic E-state index is 6.18. The fourth-order valence-corrected chi connectivity index (χ4v) is 2.37. The highest BCUT2D eigenvalue weighted by Gasteiger charge is 2.11. The maximum Gasteiger partial charge on any atom is 0.0817 e. The molecule has 4 heteroatoms. The summed E-state index contributed by atoms with van der Waals surface area (Å²) in [5.41, 5.74) is 1.19. The largest absolute Gasteiger partial charge is 0.317 e. The average Bonchev–Trinajstić information content (AvgIpc) is 2.67. The van der Waals surface area contributed by atoms with Gasteiger partial charge in [-0.1, -0.05) is 31.9 Å². The molecule has 0 saturated carbocycles. The van der Waals surface area contributed by atoms with Crippen LogP contribution in [0.2, 0.25) is 5.02 Å². The van der Waals surface area contributed by atoms with Crippen molar-refractivity contribution in [1.82, 2.24) is 15.1 Å². The molecule has 0 aliphatic heterocycles. The number of aryl methyl sites for hydroxylation is 1. The van der Waals surface area contributed by atoms with Crippen LogP contribution in [0.15, 0.2) is 6.20 Å². The summed E-state index contributed by atoms with van der Waals surface area (Å²) in [6.45, 7) is 5.34. The first-order chi connectivity index (χ1) is 8.22. The molecule has 0 aromatic carbocycles. The van der Waals surface area contributed by atoms with Crippen LogP contribution in [0.1, 0.15) is 45.2 Å². The molecule has 1 unspecified atom stereocenters. The van der Waals surface area contributed by atoms with Crippen LogP contribution in [0, 0.1) is 0 Å². The Hall–Kier alpha value is -0.540. The summed E-state index contributed by atoms with van der Waals surface area (Å²) in [6.07, 6.45) is 7.42. The molecular formula is C13H24ClN3. The van der Waals surface area contributed by atoms with E-state index in [2.05, 4.69) is 24.3 Å². The third kappa shape index (κ3) is 4.32. The summed E-state index contributed by atoms with van der Waals surface area (Å²) in [7, 11) is 2.03. The van der Waals surface area contributed by atoms with Crippen LogP contribution in [-0.4, -0.2) is 22.9 Å². The molecule has 1 aromatic rings. The third-order valence-corrected chi connectivity index (χ3v) is 3.42. The van der Waals surface area contributed by atoms with E-state index in [1.54, 1.807) is 6.20 Å². The summed E-state index contributed by atoms with van der Waals surface area (Å²) in [5, 5.41) is 8.49. The van der Waals surface area contributed by atoms with E-state index in [0.29, 0.717) is 6.04 Å². The van der Waals surface area contributed by atoms with Gasteiger partial charge in [0.25, 0.3) is 0 Å². The molecule has 1 heterocycles. The van der Waals surface area contributed by atoms with Gasteiger partial charge in [0.2, 0.25) is 0 Å². The first kappa shape index (κ1) is 14.5. The van der Waals surface area contributed by atoms with Gasteiger partial charge in [-0.25, -0.2) is 0 Å². The molecule has 3 nitrogen and oxygen atoms in total. The fraction of sp³-hybridized carbons (Fsp3) is 0.769. The van der Waals surface area contributed by atoms with Crippen molar-refractivity contribution in [2.75, 3.05) is 7.05 Å². The number of nitrogens with zero attached hydrogens (tertiary/aromatic N) is 2. The van der Waals surface area contributed by atoms with Gasteiger partial charge >= 0.3 is 0 Å². The van der Waals surface area contributed by atoms with Crippen molar-refractivity contribution in [3.8, 4) is 0 Å². The number of nitrogens with one attached hydrogen (secondary N) is 1. The van der Waals surface area contributed by atoms with Crippen LogP contribution in [0.4, 0.5) is 0 Å². The maximum absolute atomic E-state index is 6.18. The van der Waals surface area contributed by atoms with E-state index in [1.165, 1.54) is 18.5 Å². The van der Waals surface area contributed by atoms with Gasteiger partial charge in [0.15, 0.2) is 0 Å². The topological polar surface area (TPSA) is 29.9 Å². The van der Waals surface area contributed by atoms with Crippen LogP contribution < -0.4 is 5.32 Å². The van der Waals surface area contributed by atoms with Gasteiger partial charge in [0, 0.05) is 12.6 Å². The van der Waals surface area contributed by atoms with Gasteiger partial charge in [0.1, 0.15) is 0 Å². The molecule has 0 aliphatic rings. The van der Waals surface area contributed by atoms with Gasteiger partial charge in [-0.3, -0.25) is 4.68 Å². The lowest BCUT2D eigenvalue weighted by Gasteiger charge is -2.15. The van der Waals surface area contributed by atoms with Crippen LogP contribution in [0.5, 0.6) is 0 Å². The van der Waals surface area contributed by atoms with Crippen molar-refractivity contribution in [1.29, 1.82) is 0 Å². The SMILES string of the molecule is CCCC(CCc1c(Cl)cnn1CCC)NC. The van der Waals surface area contributed by atoms with Crippen LogP contribution in [-0.2, 0) is 13.0 Å². The summed E-state index contributed by atoms with van der Waals surface area (Å²) in [5.74, 6) is 0. The van der Waals surface area contributed by atoms with E-state index >= 15 is 0 Å². The van der Waals surface area contributed by atoms with Crippen molar-refractivity contribution in [3.05, 3.63) is 16.9 Å². The summed E-state index contributed by atoms with van der Waals surface area (Å²) in [6, 6.07) is 0.584. The van der Waals surface area contributed by atoms with E-state index < -0.39 is 0 Å². The van der Waals surface area contributed by atoms with Crippen molar-refractivity contribution < 1.29 is 0 Å². The second-order valence-electron chi connectivity index (χ2n) is 4.48. The van der Waals surface area contributed by atoms with E-state index in [9.17, 15) is 0 Å². The van der Waals surface area contributed by atoms with E-state index in [0.717, 1.165) is 30.8 Å². The van der Waals surface area contributed by atoms with E-state index in [4.69, 9.17) is 11.6 Å². The highest BCUT2D eigenvalue weighted by Crippen LogP contribution is 2.18. The molecular weight excluding hydrogens is 234 g/mol. The van der Waals surface area contributed by atoms with Crippen molar-refractivity contribution in [2.45, 2.75) is 58.5 Å². The van der Waals surface area contributed by atoms with Crippen LogP contribution in [0.25, 0.3) is 0 Å². The second-order valence-corrected chi connectivity index (χ2v) is 4.88. The standard InChI is InChI=1S/C13H24ClN3/c1-4-6-11(15-3)7-8-13-12(14)10-16-17(13)9-5-2/h10-11,15H,4-9H2,1-3H3. The minimum atomic E-state index is 0.584. The molecule has 98 valence electrons. The molecule has 1 rings (SSSR count). The molecule has 1 N–H and O–H groups in total. The highest BCUT2D eigenvalue weighted by molar-refractivity contribution is 6.31. The number of rotatable bonds is 8. The lowest BCUT2D eigenvalue weighted by Crippen LogP contribution is -2.25. The Labute approximate surface area is 110 Å². The van der Waals surface area contributed by atoms with Gasteiger partial charge < -0.3 is 5.32 Å². The van der Waals surface area contributed by atoms with Crippen LogP contribution >= 0.6 is 11.6 Å². The minimum absolute atomic E-state index is 0.584. The zero-order chi connectivity index (χ0) is 12.7. The Bertz CT molecular complexity index is 322. The summed E-state index contributed by atoms with van der Waals surface area (Å²) >= 11 is 6.18.